The van der Waals surface area contributed by atoms with Gasteiger partial charge in [-0.05, 0) is 24.3 Å². The Kier molecular flexibility index (Phi) is 4.37. The number of amides is 1. The van der Waals surface area contributed by atoms with Crippen molar-refractivity contribution in [3.05, 3.63) is 35.9 Å². The van der Waals surface area contributed by atoms with Gasteiger partial charge in [-0.25, -0.2) is 0 Å². The van der Waals surface area contributed by atoms with Gasteiger partial charge in [-0.3, -0.25) is 4.79 Å². The Morgan fingerprint density at radius 2 is 1.94 bits per heavy atom. The number of benzene rings is 1. The molecule has 3 heteroatoms. The van der Waals surface area contributed by atoms with Crippen molar-refractivity contribution in [1.29, 1.82) is 0 Å². The number of nitrogens with zero attached hydrogens (tertiary/aromatic N) is 1. The Morgan fingerprint density at radius 3 is 2.56 bits per heavy atom. The number of carbonyl (C=O) groups excluding carboxylic acids is 1. The van der Waals surface area contributed by atoms with Crippen LogP contribution in [0.4, 0.5) is 0 Å². The largest absolute Gasteiger partial charge is 0.343 e. The van der Waals surface area contributed by atoms with Crippen LogP contribution in [-0.4, -0.2) is 23.9 Å². The van der Waals surface area contributed by atoms with Gasteiger partial charge in [0.25, 0.3) is 0 Å². The van der Waals surface area contributed by atoms with Crippen LogP contribution in [0.5, 0.6) is 0 Å². The fraction of sp³-hybridized carbons (Fsp3) is 0.533. The van der Waals surface area contributed by atoms with E-state index in [0.29, 0.717) is 6.42 Å². The normalized spacial score (nSPS) is 18.7. The van der Waals surface area contributed by atoms with Crippen LogP contribution in [-0.2, 0) is 4.79 Å². The van der Waals surface area contributed by atoms with Gasteiger partial charge in [0, 0.05) is 25.6 Å². The van der Waals surface area contributed by atoms with Crippen molar-refractivity contribution in [2.24, 2.45) is 11.7 Å². The zero-order valence-corrected chi connectivity index (χ0v) is 11.0. The molecule has 2 N–H and O–H groups in total. The summed E-state index contributed by atoms with van der Waals surface area (Å²) in [5.41, 5.74) is 7.12. The molecule has 2 rings (SSSR count). The minimum absolute atomic E-state index is 0.182. The molecule has 1 aliphatic heterocycles. The maximum atomic E-state index is 12.1. The number of hydrogen-bond donors (Lipinski definition) is 1. The Hall–Kier alpha value is -1.35. The van der Waals surface area contributed by atoms with Gasteiger partial charge in [0.1, 0.15) is 0 Å². The molecule has 1 heterocycles. The zero-order chi connectivity index (χ0) is 13.0. The highest BCUT2D eigenvalue weighted by Crippen LogP contribution is 2.19. The summed E-state index contributed by atoms with van der Waals surface area (Å²) < 4.78 is 0. The minimum Gasteiger partial charge on any atom is -0.343 e. The Labute approximate surface area is 109 Å². The van der Waals surface area contributed by atoms with Gasteiger partial charge < -0.3 is 10.6 Å². The quantitative estimate of drug-likeness (QED) is 0.889. The molecule has 3 nitrogen and oxygen atoms in total. The second-order valence-corrected chi connectivity index (χ2v) is 5.28. The van der Waals surface area contributed by atoms with Crippen LogP contribution in [0, 0.1) is 5.92 Å². The molecular formula is C15H22N2O. The first-order valence-corrected chi connectivity index (χ1v) is 6.75. The molecule has 0 aromatic heterocycles. The van der Waals surface area contributed by atoms with E-state index in [4.69, 9.17) is 5.73 Å². The summed E-state index contributed by atoms with van der Waals surface area (Å²) in [6.07, 6.45) is 2.65. The van der Waals surface area contributed by atoms with E-state index in [1.807, 2.05) is 35.2 Å². The van der Waals surface area contributed by atoms with Crippen molar-refractivity contribution < 1.29 is 4.79 Å². The van der Waals surface area contributed by atoms with Crippen LogP contribution in [0.25, 0.3) is 0 Å². The lowest BCUT2D eigenvalue weighted by Gasteiger charge is -2.31. The average molecular weight is 246 g/mol. The molecule has 1 unspecified atom stereocenters. The molecule has 1 aromatic rings. The number of carbonyl (C=O) groups is 1. The van der Waals surface area contributed by atoms with Crippen molar-refractivity contribution >= 4 is 5.91 Å². The van der Waals surface area contributed by atoms with Gasteiger partial charge in [0.05, 0.1) is 0 Å². The van der Waals surface area contributed by atoms with Crippen LogP contribution >= 0.6 is 0 Å². The summed E-state index contributed by atoms with van der Waals surface area (Å²) in [4.78, 5) is 14.1. The summed E-state index contributed by atoms with van der Waals surface area (Å²) in [5, 5.41) is 0. The third-order valence-electron chi connectivity index (χ3n) is 3.76. The Morgan fingerprint density at radius 1 is 1.33 bits per heavy atom. The predicted octanol–water partition coefficient (Wildman–Crippen LogP) is 2.33. The lowest BCUT2D eigenvalue weighted by Crippen LogP contribution is -2.39. The molecule has 1 atom stereocenters. The molecule has 0 aliphatic carbocycles. The number of rotatable bonds is 3. The third-order valence-corrected chi connectivity index (χ3v) is 3.76. The topological polar surface area (TPSA) is 46.3 Å². The first-order chi connectivity index (χ1) is 8.66. The summed E-state index contributed by atoms with van der Waals surface area (Å²) in [6.45, 7) is 4.03. The lowest BCUT2D eigenvalue weighted by molar-refractivity contribution is -0.132. The predicted molar refractivity (Wildman–Crippen MR) is 73.0 cm³/mol. The van der Waals surface area contributed by atoms with E-state index in [-0.39, 0.29) is 11.9 Å². The molecule has 18 heavy (non-hydrogen) atoms. The first kappa shape index (κ1) is 13.1. The highest BCUT2D eigenvalue weighted by Gasteiger charge is 2.22. The molecule has 0 saturated carbocycles. The van der Waals surface area contributed by atoms with Crippen molar-refractivity contribution in [2.45, 2.75) is 32.2 Å². The maximum Gasteiger partial charge on any atom is 0.224 e. The van der Waals surface area contributed by atoms with E-state index in [1.165, 1.54) is 0 Å². The van der Waals surface area contributed by atoms with Gasteiger partial charge in [0.2, 0.25) is 5.91 Å². The lowest BCUT2D eigenvalue weighted by atomic mass is 9.98. The van der Waals surface area contributed by atoms with Gasteiger partial charge in [0.15, 0.2) is 0 Å². The molecular weight excluding hydrogens is 224 g/mol. The van der Waals surface area contributed by atoms with E-state index in [9.17, 15) is 4.79 Å². The molecule has 1 aromatic carbocycles. The molecule has 0 bridgehead atoms. The Balaban J connectivity index is 1.87. The van der Waals surface area contributed by atoms with E-state index >= 15 is 0 Å². The third kappa shape index (κ3) is 3.33. The molecule has 0 radical (unpaired) electrons. The van der Waals surface area contributed by atoms with Crippen LogP contribution in [0.3, 0.4) is 0 Å². The first-order valence-electron chi connectivity index (χ1n) is 6.75. The van der Waals surface area contributed by atoms with E-state index in [2.05, 4.69) is 6.92 Å². The van der Waals surface area contributed by atoms with Crippen molar-refractivity contribution in [1.82, 2.24) is 4.90 Å². The molecule has 1 amide bonds. The van der Waals surface area contributed by atoms with Crippen molar-refractivity contribution in [3.8, 4) is 0 Å². The average Bonchev–Trinajstić information content (AvgIpc) is 2.40. The second kappa shape index (κ2) is 6.01. The van der Waals surface area contributed by atoms with Gasteiger partial charge in [-0.2, -0.15) is 0 Å². The molecule has 98 valence electrons. The number of hydrogen-bond acceptors (Lipinski definition) is 2. The highest BCUT2D eigenvalue weighted by molar-refractivity contribution is 5.77. The second-order valence-electron chi connectivity index (χ2n) is 5.28. The van der Waals surface area contributed by atoms with E-state index in [0.717, 1.165) is 37.4 Å². The Bertz CT molecular complexity index is 383. The van der Waals surface area contributed by atoms with Crippen LogP contribution in [0.2, 0.25) is 0 Å². The van der Waals surface area contributed by atoms with E-state index < -0.39 is 0 Å². The number of nitrogens with two attached hydrogens (primary N) is 1. The van der Waals surface area contributed by atoms with Gasteiger partial charge in [-0.1, -0.05) is 37.3 Å². The van der Waals surface area contributed by atoms with Gasteiger partial charge in [-0.15, -0.1) is 0 Å². The van der Waals surface area contributed by atoms with Crippen molar-refractivity contribution in [2.75, 3.05) is 13.1 Å². The standard InChI is InChI=1S/C15H22N2O/c1-12-7-9-17(10-8-12)15(18)11-14(16)13-5-3-2-4-6-13/h2-6,12,14H,7-11,16H2,1H3. The fourth-order valence-electron chi connectivity index (χ4n) is 2.39. The van der Waals surface area contributed by atoms with Crippen LogP contribution in [0.1, 0.15) is 37.8 Å². The molecule has 1 aliphatic rings. The summed E-state index contributed by atoms with van der Waals surface area (Å²) in [5.74, 6) is 0.940. The minimum atomic E-state index is -0.182. The zero-order valence-electron chi connectivity index (χ0n) is 11.0. The SMILES string of the molecule is CC1CCN(C(=O)CC(N)c2ccccc2)CC1. The summed E-state index contributed by atoms with van der Waals surface area (Å²) in [7, 11) is 0. The fourth-order valence-corrected chi connectivity index (χ4v) is 2.39. The summed E-state index contributed by atoms with van der Waals surface area (Å²) >= 11 is 0. The molecule has 0 spiro atoms. The summed E-state index contributed by atoms with van der Waals surface area (Å²) in [6, 6.07) is 9.67. The van der Waals surface area contributed by atoms with Gasteiger partial charge >= 0.3 is 0 Å². The smallest absolute Gasteiger partial charge is 0.224 e. The highest BCUT2D eigenvalue weighted by atomic mass is 16.2. The van der Waals surface area contributed by atoms with Crippen LogP contribution in [0.15, 0.2) is 30.3 Å². The monoisotopic (exact) mass is 246 g/mol. The maximum absolute atomic E-state index is 12.1. The number of likely N-dealkylation sites (tertiary alicyclic amines) is 1. The van der Waals surface area contributed by atoms with E-state index in [1.54, 1.807) is 0 Å². The van der Waals surface area contributed by atoms with Crippen molar-refractivity contribution in [3.63, 3.8) is 0 Å². The number of piperidine rings is 1. The molecule has 1 saturated heterocycles. The van der Waals surface area contributed by atoms with Crippen LogP contribution < -0.4 is 5.73 Å². The molecule has 1 fully saturated rings.